The molecule has 2 rings (SSSR count). The van der Waals surface area contributed by atoms with E-state index in [1.807, 2.05) is 0 Å². The molecule has 0 aromatic rings. The minimum Gasteiger partial charge on any atom is -0.300 e. The summed E-state index contributed by atoms with van der Waals surface area (Å²) in [5.41, 5.74) is -0.260. The second-order valence-corrected chi connectivity index (χ2v) is 6.41. The summed E-state index contributed by atoms with van der Waals surface area (Å²) in [7, 11) is 0. The van der Waals surface area contributed by atoms with Crippen molar-refractivity contribution in [2.45, 2.75) is 82.8 Å². The Balaban J connectivity index is 2.05. The molecular formula is C16H29N3. The van der Waals surface area contributed by atoms with Crippen LogP contribution in [0.2, 0.25) is 0 Å². The first-order valence-corrected chi connectivity index (χ1v) is 8.13. The lowest BCUT2D eigenvalue weighted by atomic mass is 9.79. The van der Waals surface area contributed by atoms with Gasteiger partial charge in [-0.2, -0.15) is 5.26 Å². The molecule has 1 saturated carbocycles. The molecule has 3 nitrogen and oxygen atoms in total. The Morgan fingerprint density at radius 1 is 1.26 bits per heavy atom. The predicted octanol–water partition coefficient (Wildman–Crippen LogP) is 3.07. The van der Waals surface area contributed by atoms with Crippen LogP contribution in [0.3, 0.4) is 0 Å². The number of rotatable bonds is 3. The third-order valence-corrected chi connectivity index (χ3v) is 5.03. The third kappa shape index (κ3) is 3.49. The van der Waals surface area contributed by atoms with Gasteiger partial charge in [0.25, 0.3) is 0 Å². The van der Waals surface area contributed by atoms with Crippen molar-refractivity contribution < 1.29 is 0 Å². The second-order valence-electron chi connectivity index (χ2n) is 6.41. The van der Waals surface area contributed by atoms with Gasteiger partial charge in [0.2, 0.25) is 0 Å². The lowest BCUT2D eigenvalue weighted by Gasteiger charge is -2.43. The lowest BCUT2D eigenvalue weighted by molar-refractivity contribution is 0.0887. The summed E-state index contributed by atoms with van der Waals surface area (Å²) in [5, 5.41) is 13.0. The van der Waals surface area contributed by atoms with Crippen molar-refractivity contribution in [3.05, 3.63) is 0 Å². The van der Waals surface area contributed by atoms with Gasteiger partial charge in [0, 0.05) is 12.1 Å². The maximum absolute atomic E-state index is 9.58. The van der Waals surface area contributed by atoms with Gasteiger partial charge < -0.3 is 0 Å². The predicted molar refractivity (Wildman–Crippen MR) is 78.9 cm³/mol. The highest BCUT2D eigenvalue weighted by molar-refractivity contribution is 5.11. The summed E-state index contributed by atoms with van der Waals surface area (Å²) < 4.78 is 0. The molecule has 0 aromatic carbocycles. The van der Waals surface area contributed by atoms with Crippen LogP contribution in [-0.2, 0) is 0 Å². The molecule has 3 heteroatoms. The zero-order chi connectivity index (χ0) is 13.7. The minimum atomic E-state index is -0.260. The minimum absolute atomic E-state index is 0.260. The Morgan fingerprint density at radius 3 is 2.84 bits per heavy atom. The van der Waals surface area contributed by atoms with E-state index >= 15 is 0 Å². The van der Waals surface area contributed by atoms with Gasteiger partial charge in [-0.25, -0.2) is 0 Å². The van der Waals surface area contributed by atoms with Crippen molar-refractivity contribution in [3.63, 3.8) is 0 Å². The molecule has 19 heavy (non-hydrogen) atoms. The van der Waals surface area contributed by atoms with E-state index in [0.29, 0.717) is 12.1 Å². The molecule has 3 atom stereocenters. The molecule has 1 saturated heterocycles. The zero-order valence-electron chi connectivity index (χ0n) is 12.6. The van der Waals surface area contributed by atoms with Crippen LogP contribution in [-0.4, -0.2) is 35.6 Å². The fourth-order valence-electron chi connectivity index (χ4n) is 4.01. The van der Waals surface area contributed by atoms with Crippen molar-refractivity contribution in [2.24, 2.45) is 0 Å². The molecule has 3 unspecified atom stereocenters. The number of hydrogen-bond acceptors (Lipinski definition) is 3. The normalized spacial score (nSPS) is 37.5. The Kier molecular flexibility index (Phi) is 5.24. The molecule has 1 heterocycles. The van der Waals surface area contributed by atoms with Crippen LogP contribution in [0.1, 0.15) is 65.2 Å². The van der Waals surface area contributed by atoms with E-state index in [0.717, 1.165) is 19.4 Å². The van der Waals surface area contributed by atoms with Crippen molar-refractivity contribution in [1.29, 1.82) is 5.26 Å². The first-order chi connectivity index (χ1) is 9.21. The van der Waals surface area contributed by atoms with Crippen molar-refractivity contribution in [2.75, 3.05) is 13.1 Å². The number of nitrogens with one attached hydrogen (secondary N) is 1. The number of nitrogens with zero attached hydrogens (tertiary/aromatic N) is 2. The molecule has 0 amide bonds. The van der Waals surface area contributed by atoms with E-state index in [2.05, 4.69) is 30.1 Å². The monoisotopic (exact) mass is 263 g/mol. The van der Waals surface area contributed by atoms with Gasteiger partial charge in [0.05, 0.1) is 6.07 Å². The molecule has 108 valence electrons. The van der Waals surface area contributed by atoms with Crippen LogP contribution in [0, 0.1) is 11.3 Å². The van der Waals surface area contributed by atoms with Gasteiger partial charge in [-0.15, -0.1) is 0 Å². The first-order valence-electron chi connectivity index (χ1n) is 8.13. The van der Waals surface area contributed by atoms with E-state index in [4.69, 9.17) is 0 Å². The van der Waals surface area contributed by atoms with Crippen LogP contribution in [0.5, 0.6) is 0 Å². The molecule has 1 aliphatic heterocycles. The first kappa shape index (κ1) is 14.8. The maximum atomic E-state index is 9.58. The summed E-state index contributed by atoms with van der Waals surface area (Å²) >= 11 is 0. The van der Waals surface area contributed by atoms with Gasteiger partial charge in [-0.05, 0) is 58.5 Å². The molecule has 0 radical (unpaired) electrons. The summed E-state index contributed by atoms with van der Waals surface area (Å²) in [6.45, 7) is 6.62. The van der Waals surface area contributed by atoms with Crippen molar-refractivity contribution >= 4 is 0 Å². The highest BCUT2D eigenvalue weighted by Crippen LogP contribution is 2.33. The smallest absolute Gasteiger partial charge is 0.108 e. The largest absolute Gasteiger partial charge is 0.300 e. The van der Waals surface area contributed by atoms with Gasteiger partial charge >= 0.3 is 0 Å². The molecule has 2 fully saturated rings. The summed E-state index contributed by atoms with van der Waals surface area (Å²) in [6.07, 6.45) is 9.93. The van der Waals surface area contributed by atoms with Crippen LogP contribution >= 0.6 is 0 Å². The summed E-state index contributed by atoms with van der Waals surface area (Å²) in [4.78, 5) is 2.70. The number of hydrogen-bond donors (Lipinski definition) is 1. The van der Waals surface area contributed by atoms with E-state index < -0.39 is 0 Å². The standard InChI is InChI=1S/C16H29N3/c1-3-18-16(13-17)10-7-9-15(12-16)19-11-6-4-5-8-14(19)2/h14-15,18H,3-12H2,1-2H3. The maximum Gasteiger partial charge on any atom is 0.108 e. The molecule has 0 spiro atoms. The van der Waals surface area contributed by atoms with Crippen LogP contribution in [0.4, 0.5) is 0 Å². The molecule has 0 bridgehead atoms. The van der Waals surface area contributed by atoms with Crippen LogP contribution in [0.15, 0.2) is 0 Å². The highest BCUT2D eigenvalue weighted by atomic mass is 15.2. The average molecular weight is 263 g/mol. The van der Waals surface area contributed by atoms with Gasteiger partial charge in [-0.3, -0.25) is 10.2 Å². The van der Waals surface area contributed by atoms with E-state index in [1.54, 1.807) is 0 Å². The van der Waals surface area contributed by atoms with Crippen LogP contribution < -0.4 is 5.32 Å². The van der Waals surface area contributed by atoms with E-state index in [-0.39, 0.29) is 5.54 Å². The van der Waals surface area contributed by atoms with Crippen molar-refractivity contribution in [3.8, 4) is 6.07 Å². The van der Waals surface area contributed by atoms with Gasteiger partial charge in [0.15, 0.2) is 0 Å². The van der Waals surface area contributed by atoms with Gasteiger partial charge in [0.1, 0.15) is 5.54 Å². The third-order valence-electron chi connectivity index (χ3n) is 5.03. The lowest BCUT2D eigenvalue weighted by Crippen LogP contribution is -2.54. The average Bonchev–Trinajstić information content (AvgIpc) is 2.64. The second kappa shape index (κ2) is 6.72. The Bertz CT molecular complexity index is 318. The Morgan fingerprint density at radius 2 is 2.11 bits per heavy atom. The van der Waals surface area contributed by atoms with Crippen molar-refractivity contribution in [1.82, 2.24) is 10.2 Å². The summed E-state index contributed by atoms with van der Waals surface area (Å²) in [5.74, 6) is 0. The SMILES string of the molecule is CCNC1(C#N)CCCC(N2CCCCCC2C)C1. The van der Waals surface area contributed by atoms with E-state index in [1.165, 1.54) is 45.1 Å². The fraction of sp³-hybridized carbons (Fsp3) is 0.938. The Labute approximate surface area is 118 Å². The topological polar surface area (TPSA) is 39.1 Å². The quantitative estimate of drug-likeness (QED) is 0.850. The van der Waals surface area contributed by atoms with Gasteiger partial charge in [-0.1, -0.05) is 19.8 Å². The molecule has 2 aliphatic rings. The fourth-order valence-corrected chi connectivity index (χ4v) is 4.01. The van der Waals surface area contributed by atoms with Crippen LogP contribution in [0.25, 0.3) is 0 Å². The highest BCUT2D eigenvalue weighted by Gasteiger charge is 2.39. The number of likely N-dealkylation sites (tertiary alicyclic amines) is 1. The molecule has 0 aromatic heterocycles. The van der Waals surface area contributed by atoms with E-state index in [9.17, 15) is 5.26 Å². The number of nitriles is 1. The molecule has 1 N–H and O–H groups in total. The molecule has 1 aliphatic carbocycles. The summed E-state index contributed by atoms with van der Waals surface area (Å²) in [6, 6.07) is 3.89. The zero-order valence-corrected chi connectivity index (χ0v) is 12.6. The molecular weight excluding hydrogens is 234 g/mol. The Hall–Kier alpha value is -0.590.